The Labute approximate surface area is 205 Å². The smallest absolute Gasteiger partial charge is 0.0577 e. The van der Waals surface area contributed by atoms with Crippen molar-refractivity contribution >= 4 is 0 Å². The van der Waals surface area contributed by atoms with Gasteiger partial charge in [0.15, 0.2) is 0 Å². The van der Waals surface area contributed by atoms with Crippen molar-refractivity contribution in [2.24, 2.45) is 58.0 Å². The van der Waals surface area contributed by atoms with Crippen LogP contribution in [0.25, 0.3) is 0 Å². The predicted octanol–water partition coefficient (Wildman–Crippen LogP) is 6.39. The lowest BCUT2D eigenvalue weighted by Crippen LogP contribution is -2.59. The van der Waals surface area contributed by atoms with Crippen molar-refractivity contribution < 1.29 is 5.11 Å². The first-order valence-corrected chi connectivity index (χ1v) is 14.8. The van der Waals surface area contributed by atoms with Crippen LogP contribution in [0.15, 0.2) is 0 Å². The molecule has 0 amide bonds. The highest BCUT2D eigenvalue weighted by molar-refractivity contribution is 5.11. The SMILES string of the molecule is CC(C)CCC[C@@H](C)[C@H]1CCC2C3CC(O)[C@H]4CC(NCCCN)CCC4(C)C3CC[C@@]21C. The molecule has 10 atom stereocenters. The first kappa shape index (κ1) is 26.0. The average molecular weight is 461 g/mol. The Bertz CT molecular complexity index is 637. The zero-order valence-corrected chi connectivity index (χ0v) is 22.6. The summed E-state index contributed by atoms with van der Waals surface area (Å²) in [5.41, 5.74) is 6.56. The van der Waals surface area contributed by atoms with Gasteiger partial charge in [0.05, 0.1) is 6.10 Å². The van der Waals surface area contributed by atoms with E-state index in [2.05, 4.69) is 39.9 Å². The van der Waals surface area contributed by atoms with Crippen LogP contribution in [0.4, 0.5) is 0 Å². The number of rotatable bonds is 9. The summed E-state index contributed by atoms with van der Waals surface area (Å²) in [4.78, 5) is 0. The van der Waals surface area contributed by atoms with E-state index in [-0.39, 0.29) is 6.10 Å². The van der Waals surface area contributed by atoms with Gasteiger partial charge in [-0.1, -0.05) is 53.9 Å². The van der Waals surface area contributed by atoms with Gasteiger partial charge >= 0.3 is 0 Å². The summed E-state index contributed by atoms with van der Waals surface area (Å²) in [6.45, 7) is 14.3. The summed E-state index contributed by atoms with van der Waals surface area (Å²) < 4.78 is 0. The van der Waals surface area contributed by atoms with Gasteiger partial charge in [-0.2, -0.15) is 0 Å². The molecule has 4 saturated carbocycles. The van der Waals surface area contributed by atoms with Gasteiger partial charge in [0.2, 0.25) is 0 Å². The van der Waals surface area contributed by atoms with Crippen molar-refractivity contribution in [3.05, 3.63) is 0 Å². The third kappa shape index (κ3) is 4.94. The predicted molar refractivity (Wildman–Crippen MR) is 140 cm³/mol. The molecular weight excluding hydrogens is 404 g/mol. The third-order valence-corrected chi connectivity index (χ3v) is 11.7. The normalized spacial score (nSPS) is 46.0. The third-order valence-electron chi connectivity index (χ3n) is 11.7. The highest BCUT2D eigenvalue weighted by Crippen LogP contribution is 2.68. The molecule has 4 fully saturated rings. The molecular formula is C30H56N2O. The number of hydrogen-bond donors (Lipinski definition) is 3. The highest BCUT2D eigenvalue weighted by Gasteiger charge is 2.62. The Hall–Kier alpha value is -0.120. The maximum Gasteiger partial charge on any atom is 0.0577 e. The molecule has 0 aromatic carbocycles. The van der Waals surface area contributed by atoms with E-state index in [1.54, 1.807) is 0 Å². The summed E-state index contributed by atoms with van der Waals surface area (Å²) in [5, 5.41) is 15.3. The highest BCUT2D eigenvalue weighted by atomic mass is 16.3. The minimum absolute atomic E-state index is 0.0970. The number of fused-ring (bicyclic) bond motifs is 5. The van der Waals surface area contributed by atoms with Crippen LogP contribution in [-0.2, 0) is 0 Å². The van der Waals surface area contributed by atoms with Gasteiger partial charge in [-0.15, -0.1) is 0 Å². The monoisotopic (exact) mass is 460 g/mol. The summed E-state index contributed by atoms with van der Waals surface area (Å²) in [6, 6.07) is 0.581. The molecule has 33 heavy (non-hydrogen) atoms. The molecule has 0 radical (unpaired) electrons. The van der Waals surface area contributed by atoms with Crippen molar-refractivity contribution in [1.29, 1.82) is 0 Å². The number of aliphatic hydroxyl groups is 1. The molecule has 0 bridgehead atoms. The van der Waals surface area contributed by atoms with Crippen LogP contribution in [0.2, 0.25) is 0 Å². The van der Waals surface area contributed by atoms with E-state index in [0.717, 1.165) is 61.4 Å². The molecule has 0 aromatic heterocycles. The summed E-state index contributed by atoms with van der Waals surface area (Å²) in [7, 11) is 0. The fraction of sp³-hybridized carbons (Fsp3) is 1.00. The molecule has 4 N–H and O–H groups in total. The van der Waals surface area contributed by atoms with E-state index in [1.165, 1.54) is 64.2 Å². The summed E-state index contributed by atoms with van der Waals surface area (Å²) in [6.07, 6.45) is 15.7. The summed E-state index contributed by atoms with van der Waals surface area (Å²) in [5.74, 6) is 5.53. The Balaban J connectivity index is 1.43. The van der Waals surface area contributed by atoms with E-state index in [1.807, 2.05) is 0 Å². The standard InChI is InChI=1S/C30H56N2O/c1-20(2)8-6-9-21(3)24-10-11-25-23-19-28(33)27-18-22(32-17-7-16-31)12-14-30(27,5)26(23)13-15-29(24,25)4/h20-28,32-33H,6-19,31H2,1-5H3/t21-,22?,23?,24-,25?,26?,27-,28?,29-,30?/m1/s1. The minimum Gasteiger partial charge on any atom is -0.393 e. The Kier molecular flexibility index (Phi) is 8.24. The maximum atomic E-state index is 11.5. The van der Waals surface area contributed by atoms with Gasteiger partial charge in [-0.25, -0.2) is 0 Å². The molecule has 3 nitrogen and oxygen atoms in total. The fourth-order valence-corrected chi connectivity index (χ4v) is 9.92. The zero-order valence-electron chi connectivity index (χ0n) is 22.6. The van der Waals surface area contributed by atoms with Crippen molar-refractivity contribution in [3.8, 4) is 0 Å². The first-order chi connectivity index (χ1) is 15.7. The maximum absolute atomic E-state index is 11.5. The van der Waals surface area contributed by atoms with Crippen LogP contribution in [0, 0.1) is 52.3 Å². The van der Waals surface area contributed by atoms with E-state index in [4.69, 9.17) is 5.73 Å². The van der Waals surface area contributed by atoms with Gasteiger partial charge < -0.3 is 16.2 Å². The second-order valence-electron chi connectivity index (χ2n) is 13.9. The lowest BCUT2D eigenvalue weighted by atomic mass is 9.43. The number of aliphatic hydroxyl groups excluding tert-OH is 1. The van der Waals surface area contributed by atoms with Gasteiger partial charge in [0.25, 0.3) is 0 Å². The quantitative estimate of drug-likeness (QED) is 0.350. The number of nitrogens with one attached hydrogen (secondary N) is 1. The molecule has 4 aliphatic carbocycles. The van der Waals surface area contributed by atoms with Crippen LogP contribution in [-0.4, -0.2) is 30.3 Å². The summed E-state index contributed by atoms with van der Waals surface area (Å²) >= 11 is 0. The van der Waals surface area contributed by atoms with Gasteiger partial charge in [0, 0.05) is 6.04 Å². The molecule has 0 saturated heterocycles. The van der Waals surface area contributed by atoms with Crippen molar-refractivity contribution in [1.82, 2.24) is 5.32 Å². The molecule has 3 heteroatoms. The second-order valence-corrected chi connectivity index (χ2v) is 13.9. The van der Waals surface area contributed by atoms with E-state index in [0.29, 0.717) is 22.8 Å². The minimum atomic E-state index is -0.0970. The van der Waals surface area contributed by atoms with Crippen LogP contribution in [0.5, 0.6) is 0 Å². The first-order valence-electron chi connectivity index (χ1n) is 14.8. The molecule has 192 valence electrons. The van der Waals surface area contributed by atoms with Crippen LogP contribution >= 0.6 is 0 Å². The van der Waals surface area contributed by atoms with Gasteiger partial charge in [0.1, 0.15) is 0 Å². The Morgan fingerprint density at radius 1 is 0.879 bits per heavy atom. The molecule has 0 spiro atoms. The largest absolute Gasteiger partial charge is 0.393 e. The van der Waals surface area contributed by atoms with Crippen molar-refractivity contribution in [3.63, 3.8) is 0 Å². The van der Waals surface area contributed by atoms with E-state index < -0.39 is 0 Å². The van der Waals surface area contributed by atoms with Crippen LogP contribution in [0.1, 0.15) is 112 Å². The lowest BCUT2D eigenvalue weighted by Gasteiger charge is -2.62. The number of hydrogen-bond acceptors (Lipinski definition) is 3. The average Bonchev–Trinajstić information content (AvgIpc) is 3.12. The van der Waals surface area contributed by atoms with Crippen molar-refractivity contribution in [2.75, 3.05) is 13.1 Å². The Morgan fingerprint density at radius 2 is 1.61 bits per heavy atom. The van der Waals surface area contributed by atoms with Crippen LogP contribution in [0.3, 0.4) is 0 Å². The number of nitrogens with two attached hydrogens (primary N) is 1. The van der Waals surface area contributed by atoms with Crippen molar-refractivity contribution in [2.45, 2.75) is 124 Å². The van der Waals surface area contributed by atoms with Gasteiger partial charge in [-0.05, 0) is 123 Å². The second kappa shape index (κ2) is 10.5. The Morgan fingerprint density at radius 3 is 2.33 bits per heavy atom. The fourth-order valence-electron chi connectivity index (χ4n) is 9.92. The molecule has 0 aromatic rings. The molecule has 0 aliphatic heterocycles. The van der Waals surface area contributed by atoms with Crippen LogP contribution < -0.4 is 11.1 Å². The lowest BCUT2D eigenvalue weighted by molar-refractivity contribution is -0.162. The van der Waals surface area contributed by atoms with E-state index in [9.17, 15) is 5.11 Å². The molecule has 4 rings (SSSR count). The van der Waals surface area contributed by atoms with E-state index >= 15 is 0 Å². The zero-order chi connectivity index (χ0) is 23.8. The molecule has 0 heterocycles. The molecule has 4 aliphatic rings. The molecule has 6 unspecified atom stereocenters. The van der Waals surface area contributed by atoms with Gasteiger partial charge in [-0.3, -0.25) is 0 Å². The topological polar surface area (TPSA) is 58.3 Å².